The second-order valence-electron chi connectivity index (χ2n) is 4.35. The van der Waals surface area contributed by atoms with Gasteiger partial charge in [-0.15, -0.1) is 0 Å². The fraction of sp³-hybridized carbons (Fsp3) is 0.214. The zero-order valence-electron chi connectivity index (χ0n) is 11.2. The molecule has 0 saturated carbocycles. The summed E-state index contributed by atoms with van der Waals surface area (Å²) >= 11 is 0. The molecule has 0 fully saturated rings. The van der Waals surface area contributed by atoms with E-state index in [4.69, 9.17) is 10.8 Å². The molecule has 21 heavy (non-hydrogen) atoms. The fourth-order valence-electron chi connectivity index (χ4n) is 1.86. The Morgan fingerprint density at radius 1 is 1.38 bits per heavy atom. The molecule has 7 heteroatoms. The van der Waals surface area contributed by atoms with Crippen LogP contribution in [0.15, 0.2) is 30.5 Å². The Bertz CT molecular complexity index is 649. The second-order valence-corrected chi connectivity index (χ2v) is 4.35. The van der Waals surface area contributed by atoms with Gasteiger partial charge < -0.3 is 16.2 Å². The minimum Gasteiger partial charge on any atom is -0.481 e. The molecule has 0 atom stereocenters. The lowest BCUT2D eigenvalue weighted by Crippen LogP contribution is -2.13. The number of aliphatic carboxylic acids is 1. The van der Waals surface area contributed by atoms with Crippen LogP contribution in [0.2, 0.25) is 0 Å². The largest absolute Gasteiger partial charge is 0.481 e. The molecule has 0 spiro atoms. The summed E-state index contributed by atoms with van der Waals surface area (Å²) in [5.41, 5.74) is 6.81. The third kappa shape index (κ3) is 3.96. The maximum absolute atomic E-state index is 13.9. The summed E-state index contributed by atoms with van der Waals surface area (Å²) in [6, 6.07) is 6.07. The third-order valence-electron chi connectivity index (χ3n) is 2.85. The average molecular weight is 290 g/mol. The lowest BCUT2D eigenvalue weighted by Gasteiger charge is -2.07. The summed E-state index contributed by atoms with van der Waals surface area (Å²) in [6.45, 7) is 0.171. The van der Waals surface area contributed by atoms with Gasteiger partial charge in [-0.3, -0.25) is 4.79 Å². The molecule has 1 aromatic heterocycles. The number of carbonyl (C=O) groups is 1. The maximum atomic E-state index is 13.9. The number of halogens is 1. The van der Waals surface area contributed by atoms with Gasteiger partial charge >= 0.3 is 5.97 Å². The van der Waals surface area contributed by atoms with E-state index in [1.165, 1.54) is 12.3 Å². The second kappa shape index (κ2) is 6.76. The van der Waals surface area contributed by atoms with Gasteiger partial charge in [0.1, 0.15) is 5.82 Å². The Labute approximate surface area is 120 Å². The first-order chi connectivity index (χ1) is 10.1. The lowest BCUT2D eigenvalue weighted by atomic mass is 10.0. The Morgan fingerprint density at radius 3 is 2.90 bits per heavy atom. The Morgan fingerprint density at radius 2 is 2.19 bits per heavy atom. The first-order valence-corrected chi connectivity index (χ1v) is 6.37. The van der Waals surface area contributed by atoms with Gasteiger partial charge in [0.2, 0.25) is 5.95 Å². The monoisotopic (exact) mass is 290 g/mol. The number of benzene rings is 1. The molecule has 0 amide bonds. The number of nitrogens with zero attached hydrogens (tertiary/aromatic N) is 2. The van der Waals surface area contributed by atoms with Crippen LogP contribution >= 0.6 is 0 Å². The van der Waals surface area contributed by atoms with Crippen LogP contribution in [0.25, 0.3) is 11.3 Å². The predicted octanol–water partition coefficient (Wildman–Crippen LogP) is 1.63. The topological polar surface area (TPSA) is 101 Å². The fourth-order valence-corrected chi connectivity index (χ4v) is 1.86. The standard InChI is InChI=1S/C14H15FN4O2/c15-11-3-1-9(2-4-13(20)21)7-10(11)12-5-6-17-14(19-12)18-8-16/h1,3,5-7H,2,4,8,16H2,(H,20,21)(H,17,18,19). The van der Waals surface area contributed by atoms with Crippen LogP contribution in [0.3, 0.4) is 0 Å². The first-order valence-electron chi connectivity index (χ1n) is 6.37. The smallest absolute Gasteiger partial charge is 0.303 e. The highest BCUT2D eigenvalue weighted by Crippen LogP contribution is 2.23. The van der Waals surface area contributed by atoms with Crippen molar-refractivity contribution in [2.45, 2.75) is 12.8 Å². The molecular weight excluding hydrogens is 275 g/mol. The number of nitrogens with two attached hydrogens (primary N) is 1. The normalized spacial score (nSPS) is 10.4. The molecule has 2 aromatic rings. The van der Waals surface area contributed by atoms with Gasteiger partial charge in [-0.2, -0.15) is 0 Å². The summed E-state index contributed by atoms with van der Waals surface area (Å²) in [7, 11) is 0. The van der Waals surface area contributed by atoms with Crippen molar-refractivity contribution in [3.05, 3.63) is 41.8 Å². The molecule has 0 aliphatic rings. The van der Waals surface area contributed by atoms with E-state index in [9.17, 15) is 9.18 Å². The predicted molar refractivity (Wildman–Crippen MR) is 76.1 cm³/mol. The van der Waals surface area contributed by atoms with Gasteiger partial charge in [-0.25, -0.2) is 14.4 Å². The number of anilines is 1. The summed E-state index contributed by atoms with van der Waals surface area (Å²) in [5, 5.41) is 11.4. The molecule has 2 rings (SSSR count). The quantitative estimate of drug-likeness (QED) is 0.699. The Hall–Kier alpha value is -2.54. The van der Waals surface area contributed by atoms with E-state index >= 15 is 0 Å². The lowest BCUT2D eigenvalue weighted by molar-refractivity contribution is -0.136. The van der Waals surface area contributed by atoms with Gasteiger partial charge in [0.25, 0.3) is 0 Å². The SMILES string of the molecule is NCNc1nccc(-c2cc(CCC(=O)O)ccc2F)n1. The number of hydrogen-bond donors (Lipinski definition) is 3. The van der Waals surface area contributed by atoms with Gasteiger partial charge in [-0.1, -0.05) is 6.07 Å². The van der Waals surface area contributed by atoms with Gasteiger partial charge in [-0.05, 0) is 30.2 Å². The molecule has 6 nitrogen and oxygen atoms in total. The van der Waals surface area contributed by atoms with E-state index in [2.05, 4.69) is 15.3 Å². The van der Waals surface area contributed by atoms with Crippen LogP contribution in [0.5, 0.6) is 0 Å². The number of carboxylic acid groups (broad SMARTS) is 1. The molecular formula is C14H15FN4O2. The summed E-state index contributed by atoms with van der Waals surface area (Å²) < 4.78 is 13.9. The first kappa shape index (κ1) is 14.9. The van der Waals surface area contributed by atoms with Crippen LogP contribution < -0.4 is 11.1 Å². The van der Waals surface area contributed by atoms with Gasteiger partial charge in [0, 0.05) is 18.2 Å². The number of aryl methyl sites for hydroxylation is 1. The Kier molecular flexibility index (Phi) is 4.78. The molecule has 0 radical (unpaired) electrons. The summed E-state index contributed by atoms with van der Waals surface area (Å²) in [6.07, 6.45) is 1.83. The van der Waals surface area contributed by atoms with Gasteiger partial charge in [0.05, 0.1) is 12.4 Å². The Balaban J connectivity index is 2.31. The number of carboxylic acids is 1. The van der Waals surface area contributed by atoms with E-state index < -0.39 is 11.8 Å². The van der Waals surface area contributed by atoms with Crippen molar-refractivity contribution in [3.8, 4) is 11.3 Å². The van der Waals surface area contributed by atoms with Gasteiger partial charge in [0.15, 0.2) is 0 Å². The van der Waals surface area contributed by atoms with Crippen molar-refractivity contribution in [3.63, 3.8) is 0 Å². The van der Waals surface area contributed by atoms with Crippen LogP contribution in [-0.2, 0) is 11.2 Å². The molecule has 4 N–H and O–H groups in total. The highest BCUT2D eigenvalue weighted by molar-refractivity contribution is 5.67. The minimum atomic E-state index is -0.891. The average Bonchev–Trinajstić information content (AvgIpc) is 2.47. The summed E-state index contributed by atoms with van der Waals surface area (Å²) in [5.74, 6) is -1.01. The van der Waals surface area contributed by atoms with E-state index in [-0.39, 0.29) is 13.1 Å². The molecule has 1 heterocycles. The molecule has 1 aromatic carbocycles. The molecule has 0 aliphatic heterocycles. The summed E-state index contributed by atoms with van der Waals surface area (Å²) in [4.78, 5) is 18.7. The highest BCUT2D eigenvalue weighted by Gasteiger charge is 2.10. The minimum absolute atomic E-state index is 0.00513. The van der Waals surface area contributed by atoms with Crippen molar-refractivity contribution in [2.24, 2.45) is 5.73 Å². The molecule has 0 bridgehead atoms. The van der Waals surface area contributed by atoms with Crippen molar-refractivity contribution in [1.82, 2.24) is 9.97 Å². The van der Waals surface area contributed by atoms with E-state index in [0.29, 0.717) is 23.6 Å². The number of nitrogens with one attached hydrogen (secondary N) is 1. The third-order valence-corrected chi connectivity index (χ3v) is 2.85. The molecule has 0 saturated heterocycles. The molecule has 0 aliphatic carbocycles. The van der Waals surface area contributed by atoms with Crippen LogP contribution in [0.1, 0.15) is 12.0 Å². The highest BCUT2D eigenvalue weighted by atomic mass is 19.1. The molecule has 0 unspecified atom stereocenters. The van der Waals surface area contributed by atoms with Crippen molar-refractivity contribution >= 4 is 11.9 Å². The maximum Gasteiger partial charge on any atom is 0.303 e. The number of aromatic nitrogens is 2. The number of hydrogen-bond acceptors (Lipinski definition) is 5. The van der Waals surface area contributed by atoms with Crippen molar-refractivity contribution < 1.29 is 14.3 Å². The van der Waals surface area contributed by atoms with Crippen molar-refractivity contribution in [2.75, 3.05) is 12.0 Å². The van der Waals surface area contributed by atoms with Crippen LogP contribution in [0.4, 0.5) is 10.3 Å². The van der Waals surface area contributed by atoms with E-state index in [0.717, 1.165) is 5.56 Å². The van der Waals surface area contributed by atoms with E-state index in [1.54, 1.807) is 18.2 Å². The molecule has 110 valence electrons. The van der Waals surface area contributed by atoms with Crippen LogP contribution in [-0.4, -0.2) is 27.7 Å². The van der Waals surface area contributed by atoms with Crippen molar-refractivity contribution in [1.29, 1.82) is 0 Å². The van der Waals surface area contributed by atoms with Crippen LogP contribution in [0, 0.1) is 5.82 Å². The number of rotatable bonds is 6. The van der Waals surface area contributed by atoms with E-state index in [1.807, 2.05) is 0 Å². The zero-order chi connectivity index (χ0) is 15.2. The zero-order valence-corrected chi connectivity index (χ0v) is 11.2.